The van der Waals surface area contributed by atoms with Gasteiger partial charge in [0.15, 0.2) is 5.65 Å². The van der Waals surface area contributed by atoms with Crippen molar-refractivity contribution in [3.05, 3.63) is 212 Å². The zero-order valence-corrected chi connectivity index (χ0v) is 33.3. The molecule has 5 aromatic heterocycles. The third-order valence-electron chi connectivity index (χ3n) is 12.2. The molecule has 0 spiro atoms. The predicted octanol–water partition coefficient (Wildman–Crippen LogP) is 13.3. The van der Waals surface area contributed by atoms with Crippen LogP contribution < -0.4 is 0 Å². The second kappa shape index (κ2) is 13.5. The van der Waals surface area contributed by atoms with E-state index in [9.17, 15) is 0 Å². The Labute approximate surface area is 355 Å². The molecule has 0 aliphatic carbocycles. The molecule has 0 amide bonds. The quantitative estimate of drug-likeness (QED) is 0.168. The molecule has 0 aliphatic rings. The summed E-state index contributed by atoms with van der Waals surface area (Å²) in [6, 6.07) is 74.7. The van der Waals surface area contributed by atoms with Gasteiger partial charge >= 0.3 is 0 Å². The SMILES string of the molecule is c1ccc(-c2cc(-c3ccccc3)nc(-n3c4ccc(-c5ccc6c(c5)c5ccccc5n6-c5ccccc5)cc4c4c3nc3n(-c5ccccc5)c5ccccc5n43)n2)cc1. The first-order valence-corrected chi connectivity index (χ1v) is 20.9. The van der Waals surface area contributed by atoms with Gasteiger partial charge in [0, 0.05) is 38.7 Å². The highest BCUT2D eigenvalue weighted by molar-refractivity contribution is 6.13. The van der Waals surface area contributed by atoms with Crippen LogP contribution in [0.3, 0.4) is 0 Å². The summed E-state index contributed by atoms with van der Waals surface area (Å²) in [4.78, 5) is 16.2. The Morgan fingerprint density at radius 1 is 0.306 bits per heavy atom. The van der Waals surface area contributed by atoms with E-state index in [2.05, 4.69) is 218 Å². The molecule has 62 heavy (non-hydrogen) atoms. The number of benzene rings is 8. The topological polar surface area (TPSA) is 57.9 Å². The summed E-state index contributed by atoms with van der Waals surface area (Å²) >= 11 is 0. The van der Waals surface area contributed by atoms with E-state index in [0.29, 0.717) is 5.95 Å². The Bertz CT molecular complexity index is 3780. The highest BCUT2D eigenvalue weighted by atomic mass is 15.3. The van der Waals surface area contributed by atoms with Crippen molar-refractivity contribution >= 4 is 60.7 Å². The fourth-order valence-corrected chi connectivity index (χ4v) is 9.43. The minimum Gasteiger partial charge on any atom is -0.309 e. The van der Waals surface area contributed by atoms with Crippen molar-refractivity contribution in [3.8, 4) is 51.0 Å². The zero-order chi connectivity index (χ0) is 40.7. The molecule has 8 aromatic carbocycles. The maximum atomic E-state index is 5.56. The highest BCUT2D eigenvalue weighted by Crippen LogP contribution is 2.40. The van der Waals surface area contributed by atoms with E-state index in [-0.39, 0.29) is 0 Å². The summed E-state index contributed by atoms with van der Waals surface area (Å²) in [5.74, 6) is 1.38. The fourth-order valence-electron chi connectivity index (χ4n) is 9.43. The lowest BCUT2D eigenvalue weighted by atomic mass is 10.0. The normalized spacial score (nSPS) is 11.9. The number of nitrogens with zero attached hydrogens (tertiary/aromatic N) is 7. The Balaban J connectivity index is 1.11. The second-order valence-corrected chi connectivity index (χ2v) is 15.7. The van der Waals surface area contributed by atoms with Crippen LogP contribution in [0.25, 0.3) is 112 Å². The molecule has 0 saturated carbocycles. The maximum absolute atomic E-state index is 5.56. The smallest absolute Gasteiger partial charge is 0.237 e. The first-order chi connectivity index (χ1) is 30.8. The van der Waals surface area contributed by atoms with E-state index < -0.39 is 0 Å². The van der Waals surface area contributed by atoms with Crippen molar-refractivity contribution in [1.29, 1.82) is 0 Å². The Morgan fingerprint density at radius 3 is 1.42 bits per heavy atom. The molecule has 290 valence electrons. The minimum atomic E-state index is 0.560. The maximum Gasteiger partial charge on any atom is 0.237 e. The van der Waals surface area contributed by atoms with Gasteiger partial charge in [0.2, 0.25) is 11.7 Å². The van der Waals surface area contributed by atoms with Crippen molar-refractivity contribution in [1.82, 2.24) is 33.1 Å². The van der Waals surface area contributed by atoms with Crippen LogP contribution in [-0.4, -0.2) is 33.1 Å². The number of fused-ring (bicyclic) bond motifs is 10. The van der Waals surface area contributed by atoms with E-state index in [0.717, 1.165) is 83.9 Å². The Hall–Kier alpha value is -8.55. The van der Waals surface area contributed by atoms with Crippen LogP contribution in [0.1, 0.15) is 0 Å². The number of hydrogen-bond donors (Lipinski definition) is 0. The first-order valence-electron chi connectivity index (χ1n) is 20.9. The molecule has 13 aromatic rings. The Morgan fingerprint density at radius 2 is 0.790 bits per heavy atom. The van der Waals surface area contributed by atoms with Gasteiger partial charge in [0.05, 0.1) is 39.0 Å². The second-order valence-electron chi connectivity index (χ2n) is 15.7. The van der Waals surface area contributed by atoms with Crippen LogP contribution in [-0.2, 0) is 0 Å². The van der Waals surface area contributed by atoms with Crippen molar-refractivity contribution in [2.24, 2.45) is 0 Å². The van der Waals surface area contributed by atoms with Crippen molar-refractivity contribution in [2.45, 2.75) is 0 Å². The van der Waals surface area contributed by atoms with Gasteiger partial charge in [-0.3, -0.25) is 13.5 Å². The molecule has 0 N–H and O–H groups in total. The molecule has 0 unspecified atom stereocenters. The molecule has 0 fully saturated rings. The van der Waals surface area contributed by atoms with Crippen LogP contribution in [0.5, 0.6) is 0 Å². The molecule has 0 bridgehead atoms. The minimum absolute atomic E-state index is 0.560. The van der Waals surface area contributed by atoms with Crippen molar-refractivity contribution in [2.75, 3.05) is 0 Å². The van der Waals surface area contributed by atoms with E-state index in [1.807, 2.05) is 12.1 Å². The Kier molecular flexibility index (Phi) is 7.47. The van der Waals surface area contributed by atoms with Gasteiger partial charge in [-0.1, -0.05) is 140 Å². The molecule has 0 aliphatic heterocycles. The van der Waals surface area contributed by atoms with Crippen LogP contribution in [0, 0.1) is 0 Å². The third kappa shape index (κ3) is 5.15. The molecule has 13 rings (SSSR count). The van der Waals surface area contributed by atoms with Gasteiger partial charge in [-0.2, -0.15) is 4.98 Å². The molecular formula is C55H35N7. The van der Waals surface area contributed by atoms with Gasteiger partial charge in [0.25, 0.3) is 0 Å². The third-order valence-corrected chi connectivity index (χ3v) is 12.2. The number of rotatable bonds is 6. The molecular weight excluding hydrogens is 759 g/mol. The van der Waals surface area contributed by atoms with Gasteiger partial charge in [-0.05, 0) is 83.9 Å². The number of para-hydroxylation sites is 5. The fraction of sp³-hybridized carbons (Fsp3) is 0. The van der Waals surface area contributed by atoms with Gasteiger partial charge in [0.1, 0.15) is 5.52 Å². The summed E-state index contributed by atoms with van der Waals surface area (Å²) in [5, 5.41) is 3.49. The average Bonchev–Trinajstić information content (AvgIpc) is 4.07. The number of hydrogen-bond acceptors (Lipinski definition) is 3. The van der Waals surface area contributed by atoms with Crippen LogP contribution in [0.2, 0.25) is 0 Å². The summed E-state index contributed by atoms with van der Waals surface area (Å²) in [7, 11) is 0. The molecule has 7 nitrogen and oxygen atoms in total. The zero-order valence-electron chi connectivity index (χ0n) is 33.3. The summed E-state index contributed by atoms with van der Waals surface area (Å²) < 4.78 is 9.08. The first kappa shape index (κ1) is 34.3. The summed E-state index contributed by atoms with van der Waals surface area (Å²) in [6.07, 6.45) is 0. The van der Waals surface area contributed by atoms with E-state index >= 15 is 0 Å². The average molecular weight is 794 g/mol. The molecule has 5 heterocycles. The molecule has 7 heteroatoms. The van der Waals surface area contributed by atoms with E-state index in [1.165, 1.54) is 21.8 Å². The molecule has 0 atom stereocenters. The predicted molar refractivity (Wildman–Crippen MR) is 253 cm³/mol. The van der Waals surface area contributed by atoms with Crippen molar-refractivity contribution in [3.63, 3.8) is 0 Å². The molecule has 0 saturated heterocycles. The van der Waals surface area contributed by atoms with Gasteiger partial charge in [-0.15, -0.1) is 0 Å². The monoisotopic (exact) mass is 793 g/mol. The van der Waals surface area contributed by atoms with E-state index in [4.69, 9.17) is 15.0 Å². The van der Waals surface area contributed by atoms with Gasteiger partial charge in [-0.25, -0.2) is 9.97 Å². The number of aromatic nitrogens is 7. The summed E-state index contributed by atoms with van der Waals surface area (Å²) in [5.41, 5.74) is 15.4. The van der Waals surface area contributed by atoms with E-state index in [1.54, 1.807) is 0 Å². The largest absolute Gasteiger partial charge is 0.309 e. The van der Waals surface area contributed by atoms with Gasteiger partial charge < -0.3 is 4.57 Å². The lowest BCUT2D eigenvalue weighted by Gasteiger charge is -2.11. The highest BCUT2D eigenvalue weighted by Gasteiger charge is 2.26. The lowest BCUT2D eigenvalue weighted by Crippen LogP contribution is -2.04. The number of imidazole rings is 2. The van der Waals surface area contributed by atoms with Crippen LogP contribution >= 0.6 is 0 Å². The van der Waals surface area contributed by atoms with Crippen molar-refractivity contribution < 1.29 is 0 Å². The summed E-state index contributed by atoms with van der Waals surface area (Å²) in [6.45, 7) is 0. The molecule has 0 radical (unpaired) electrons. The lowest BCUT2D eigenvalue weighted by molar-refractivity contribution is 0.983. The standard InChI is InChI=1S/C55H35N7/c1-5-17-36(18-6-1)45-35-46(37-19-7-2-8-20-37)57-54(56-45)62-49-32-30-39(38-29-31-48-43(33-38)42-25-13-14-26-47(42)59(48)40-21-9-3-10-22-40)34-44(49)52-53(62)58-55-60(41-23-11-4-12-24-41)50-27-15-16-28-51(50)61(52)55/h1-35H. The van der Waals surface area contributed by atoms with Crippen LogP contribution in [0.4, 0.5) is 0 Å². The van der Waals surface area contributed by atoms with Crippen LogP contribution in [0.15, 0.2) is 212 Å².